The van der Waals surface area contributed by atoms with Crippen LogP contribution in [-0.4, -0.2) is 107 Å². The Morgan fingerprint density at radius 1 is 0.816 bits per heavy atom. The van der Waals surface area contributed by atoms with Gasteiger partial charge in [-0.05, 0) is 34.2 Å². The SMILES string of the molecule is CCCCC(=O)N(Cc1ccc(-c2ccccc2-c2nnn(C(=O)OCCCON(O)O)n2)cc1)[C@H](C(=O)OCCCON(O)O)C(C)C. The van der Waals surface area contributed by atoms with Gasteiger partial charge in [0.25, 0.3) is 0 Å². The molecular formula is C31H43N7O11. The van der Waals surface area contributed by atoms with Gasteiger partial charge in [0.05, 0.1) is 37.2 Å². The van der Waals surface area contributed by atoms with Crippen LogP contribution in [0, 0.1) is 5.92 Å². The van der Waals surface area contributed by atoms with E-state index in [2.05, 4.69) is 25.1 Å². The summed E-state index contributed by atoms with van der Waals surface area (Å²) in [7, 11) is 0. The van der Waals surface area contributed by atoms with Crippen molar-refractivity contribution in [1.82, 2.24) is 35.9 Å². The van der Waals surface area contributed by atoms with E-state index < -0.39 is 28.9 Å². The first-order valence-electron chi connectivity index (χ1n) is 15.7. The second-order valence-corrected chi connectivity index (χ2v) is 11.1. The molecule has 49 heavy (non-hydrogen) atoms. The van der Waals surface area contributed by atoms with Gasteiger partial charge in [0, 0.05) is 31.4 Å². The lowest BCUT2D eigenvalue weighted by Gasteiger charge is -2.33. The molecule has 1 amide bonds. The molecule has 0 saturated carbocycles. The Hall–Kier alpha value is -4.40. The van der Waals surface area contributed by atoms with Crippen LogP contribution in [0.4, 0.5) is 4.79 Å². The summed E-state index contributed by atoms with van der Waals surface area (Å²) in [6, 6.07) is 13.9. The van der Waals surface area contributed by atoms with E-state index in [4.69, 9.17) is 30.3 Å². The van der Waals surface area contributed by atoms with Crippen LogP contribution >= 0.6 is 0 Å². The highest BCUT2D eigenvalue weighted by Gasteiger charge is 2.33. The molecule has 1 heterocycles. The van der Waals surface area contributed by atoms with Gasteiger partial charge in [0.1, 0.15) is 6.04 Å². The smallest absolute Gasteiger partial charge is 0.453 e. The van der Waals surface area contributed by atoms with E-state index in [9.17, 15) is 14.4 Å². The second-order valence-electron chi connectivity index (χ2n) is 11.1. The van der Waals surface area contributed by atoms with Crippen LogP contribution in [0.1, 0.15) is 58.4 Å². The summed E-state index contributed by atoms with van der Waals surface area (Å²) in [4.78, 5) is 50.1. The maximum absolute atomic E-state index is 13.4. The number of carbonyl (C=O) groups excluding carboxylic acids is 3. The molecule has 268 valence electrons. The molecule has 4 N–H and O–H groups in total. The van der Waals surface area contributed by atoms with E-state index in [1.54, 1.807) is 17.0 Å². The van der Waals surface area contributed by atoms with Crippen LogP contribution in [0.2, 0.25) is 0 Å². The number of amides is 1. The summed E-state index contributed by atoms with van der Waals surface area (Å²) in [5, 5.41) is 45.5. The predicted molar refractivity (Wildman–Crippen MR) is 167 cm³/mol. The topological polar surface area (TPSA) is 222 Å². The first-order chi connectivity index (χ1) is 23.5. The van der Waals surface area contributed by atoms with Crippen molar-refractivity contribution < 1.29 is 54.4 Å². The second kappa shape index (κ2) is 20.2. The molecule has 0 bridgehead atoms. The van der Waals surface area contributed by atoms with Crippen LogP contribution in [0.25, 0.3) is 22.5 Å². The highest BCUT2D eigenvalue weighted by molar-refractivity contribution is 5.85. The van der Waals surface area contributed by atoms with Gasteiger partial charge in [-0.15, -0.1) is 10.2 Å². The lowest BCUT2D eigenvalue weighted by Crippen LogP contribution is -2.48. The number of aromatic nitrogens is 4. The fraction of sp³-hybridized carbons (Fsp3) is 0.484. The summed E-state index contributed by atoms with van der Waals surface area (Å²) in [5.41, 5.74) is 2.94. The zero-order valence-electron chi connectivity index (χ0n) is 27.6. The van der Waals surface area contributed by atoms with Gasteiger partial charge in [-0.25, -0.2) is 9.59 Å². The maximum atomic E-state index is 13.4. The van der Waals surface area contributed by atoms with Gasteiger partial charge in [0.2, 0.25) is 11.7 Å². The van der Waals surface area contributed by atoms with E-state index in [-0.39, 0.29) is 69.9 Å². The number of benzene rings is 2. The van der Waals surface area contributed by atoms with Crippen molar-refractivity contribution in [2.45, 2.75) is 65.5 Å². The number of ether oxygens (including phenoxy) is 2. The summed E-state index contributed by atoms with van der Waals surface area (Å²) in [6.07, 6.45) is 1.28. The number of esters is 1. The number of rotatable bonds is 20. The van der Waals surface area contributed by atoms with E-state index in [1.165, 1.54) is 0 Å². The van der Waals surface area contributed by atoms with Crippen LogP contribution in [0.5, 0.6) is 0 Å². The van der Waals surface area contributed by atoms with Gasteiger partial charge >= 0.3 is 12.1 Å². The third kappa shape index (κ3) is 12.5. The minimum atomic E-state index is -0.874. The van der Waals surface area contributed by atoms with Crippen LogP contribution < -0.4 is 0 Å². The standard InChI is InChI=1S/C31H43N7O11/c1-4-5-12-27(39)35(28(22(2)3)30(40)46-17-8-19-48-37(42)43)21-23-13-15-24(16-14-23)25-10-6-7-11-26(25)29-32-34-36(33-29)31(41)47-18-9-20-49-38(44)45/h6-7,10-11,13-16,22,28,42-45H,4-5,8-9,12,17-21H2,1-3H3/t28-/m0/s1. The lowest BCUT2D eigenvalue weighted by molar-refractivity contribution is -0.493. The fourth-order valence-corrected chi connectivity index (χ4v) is 4.77. The predicted octanol–water partition coefficient (Wildman–Crippen LogP) is 3.88. The molecule has 1 atom stereocenters. The molecule has 3 aromatic rings. The van der Waals surface area contributed by atoms with Crippen LogP contribution in [-0.2, 0) is 35.3 Å². The number of tetrazole rings is 1. The van der Waals surface area contributed by atoms with E-state index >= 15 is 0 Å². The summed E-state index contributed by atoms with van der Waals surface area (Å²) in [6.45, 7) is 5.52. The molecule has 0 aliphatic rings. The molecule has 0 aliphatic carbocycles. The largest absolute Gasteiger partial charge is 0.464 e. The highest BCUT2D eigenvalue weighted by Crippen LogP contribution is 2.30. The molecule has 0 fully saturated rings. The Labute approximate surface area is 282 Å². The van der Waals surface area contributed by atoms with E-state index in [1.807, 2.05) is 57.2 Å². The van der Waals surface area contributed by atoms with Crippen LogP contribution in [0.3, 0.4) is 0 Å². The molecule has 18 nitrogen and oxygen atoms in total. The van der Waals surface area contributed by atoms with Crippen molar-refractivity contribution in [3.05, 3.63) is 54.1 Å². The minimum Gasteiger partial charge on any atom is -0.464 e. The fourth-order valence-electron chi connectivity index (χ4n) is 4.77. The van der Waals surface area contributed by atoms with Crippen molar-refractivity contribution in [1.29, 1.82) is 0 Å². The van der Waals surface area contributed by atoms with Crippen molar-refractivity contribution in [3.8, 4) is 22.5 Å². The first-order valence-corrected chi connectivity index (χ1v) is 15.7. The molecule has 1 aromatic heterocycles. The lowest BCUT2D eigenvalue weighted by atomic mass is 9.97. The average Bonchev–Trinajstić information content (AvgIpc) is 3.57. The average molecular weight is 690 g/mol. The van der Waals surface area contributed by atoms with Gasteiger partial charge < -0.3 is 14.4 Å². The van der Waals surface area contributed by atoms with Gasteiger partial charge in [-0.3, -0.25) is 35.3 Å². The zero-order valence-corrected chi connectivity index (χ0v) is 27.6. The van der Waals surface area contributed by atoms with Gasteiger partial charge in [-0.1, -0.05) is 80.5 Å². The van der Waals surface area contributed by atoms with E-state index in [0.717, 1.165) is 23.1 Å². The molecular weight excluding hydrogens is 646 g/mol. The Morgan fingerprint density at radius 3 is 2.02 bits per heavy atom. The monoisotopic (exact) mass is 689 g/mol. The van der Waals surface area contributed by atoms with Crippen molar-refractivity contribution in [2.75, 3.05) is 26.4 Å². The highest BCUT2D eigenvalue weighted by atomic mass is 17.1. The number of hydrogen-bond acceptors (Lipinski definition) is 16. The number of nitrogens with zero attached hydrogens (tertiary/aromatic N) is 7. The number of hydrogen-bond donors (Lipinski definition) is 4. The Kier molecular flexibility index (Phi) is 16.1. The normalized spacial score (nSPS) is 12.0. The van der Waals surface area contributed by atoms with Crippen molar-refractivity contribution >= 4 is 18.0 Å². The molecule has 0 saturated heterocycles. The minimum absolute atomic E-state index is 0.0317. The van der Waals surface area contributed by atoms with Crippen molar-refractivity contribution in [3.63, 3.8) is 0 Å². The van der Waals surface area contributed by atoms with E-state index in [0.29, 0.717) is 16.8 Å². The van der Waals surface area contributed by atoms with Gasteiger partial charge in [0.15, 0.2) is 0 Å². The van der Waals surface area contributed by atoms with Crippen molar-refractivity contribution in [2.24, 2.45) is 5.92 Å². The molecule has 0 radical (unpaired) electrons. The number of carbonyl (C=O) groups is 3. The molecule has 18 heteroatoms. The maximum Gasteiger partial charge on any atom is 0.453 e. The summed E-state index contributed by atoms with van der Waals surface area (Å²) in [5.74, 6) is -0.807. The molecule has 2 aromatic carbocycles. The third-order valence-corrected chi connectivity index (χ3v) is 7.10. The van der Waals surface area contributed by atoms with Crippen LogP contribution in [0.15, 0.2) is 48.5 Å². The van der Waals surface area contributed by atoms with Gasteiger partial charge in [-0.2, -0.15) is 0 Å². The molecule has 0 aliphatic heterocycles. The molecule has 0 spiro atoms. The quantitative estimate of drug-likeness (QED) is 0.0750. The Balaban J connectivity index is 1.75. The summed E-state index contributed by atoms with van der Waals surface area (Å²) < 4.78 is 10.5. The number of unbranched alkanes of at least 4 members (excludes halogenated alkanes) is 1. The third-order valence-electron chi connectivity index (χ3n) is 7.10. The first kappa shape index (κ1) is 39.0. The summed E-state index contributed by atoms with van der Waals surface area (Å²) >= 11 is 0. The molecule has 0 unspecified atom stereocenters. The Bertz CT molecular complexity index is 1470. The Morgan fingerprint density at radius 2 is 1.43 bits per heavy atom. The molecule has 3 rings (SSSR count). The zero-order chi connectivity index (χ0) is 35.8.